The van der Waals surface area contributed by atoms with Crippen LogP contribution in [0.25, 0.3) is 0 Å². The fourth-order valence-corrected chi connectivity index (χ4v) is 3.88. The molecule has 0 saturated carbocycles. The molecule has 32 heavy (non-hydrogen) atoms. The van der Waals surface area contributed by atoms with Gasteiger partial charge in [0.05, 0.1) is 5.92 Å². The summed E-state index contributed by atoms with van der Waals surface area (Å²) in [5.41, 5.74) is 1.93. The van der Waals surface area contributed by atoms with E-state index in [0.29, 0.717) is 0 Å². The molecule has 1 fully saturated rings. The summed E-state index contributed by atoms with van der Waals surface area (Å²) >= 11 is 0. The number of halogens is 2. The summed E-state index contributed by atoms with van der Waals surface area (Å²) in [6.45, 7) is 4.33. The Morgan fingerprint density at radius 3 is 2.53 bits per heavy atom. The lowest BCUT2D eigenvalue weighted by Gasteiger charge is -2.23. The second-order valence-corrected chi connectivity index (χ2v) is 8.00. The molecule has 2 aromatic carbocycles. The molecule has 0 aliphatic carbocycles. The first-order chi connectivity index (χ1) is 15.3. The largest absolute Gasteiger partial charge is 0.357 e. The van der Waals surface area contributed by atoms with Crippen LogP contribution in [0.15, 0.2) is 42.5 Å². The quantitative estimate of drug-likeness (QED) is 0.688. The molecule has 3 atom stereocenters. The van der Waals surface area contributed by atoms with E-state index in [1.165, 1.54) is 13.1 Å². The minimum atomic E-state index is -1.21. The Hall–Kier alpha value is -3.29. The zero-order valence-corrected chi connectivity index (χ0v) is 18.3. The SMILES string of the molecule is CCC(C)c1ccccc1N1CC(C(=O)NC(C(=O)NC)c2ccc(F)c(F)c2)CC1=O. The molecule has 3 amide bonds. The first kappa shape index (κ1) is 23.4. The van der Waals surface area contributed by atoms with Crippen molar-refractivity contribution in [1.82, 2.24) is 10.6 Å². The maximum absolute atomic E-state index is 13.7. The first-order valence-corrected chi connectivity index (χ1v) is 10.6. The molecule has 6 nitrogen and oxygen atoms in total. The zero-order valence-electron chi connectivity index (χ0n) is 18.3. The van der Waals surface area contributed by atoms with Gasteiger partial charge in [0.25, 0.3) is 0 Å². The molecule has 1 aliphatic rings. The van der Waals surface area contributed by atoms with Crippen LogP contribution in [-0.2, 0) is 14.4 Å². The fraction of sp³-hybridized carbons (Fsp3) is 0.375. The summed E-state index contributed by atoms with van der Waals surface area (Å²) in [5, 5.41) is 5.01. The highest BCUT2D eigenvalue weighted by Crippen LogP contribution is 2.33. The summed E-state index contributed by atoms with van der Waals surface area (Å²) in [5.74, 6) is -3.84. The Balaban J connectivity index is 1.80. The van der Waals surface area contributed by atoms with Gasteiger partial charge in [-0.3, -0.25) is 14.4 Å². The van der Waals surface area contributed by atoms with Crippen molar-refractivity contribution in [3.63, 3.8) is 0 Å². The number of amides is 3. The normalized spacial score (nSPS) is 17.7. The summed E-state index contributed by atoms with van der Waals surface area (Å²) in [4.78, 5) is 39.7. The van der Waals surface area contributed by atoms with E-state index in [1.54, 1.807) is 4.90 Å². The molecule has 1 aliphatic heterocycles. The van der Waals surface area contributed by atoms with E-state index in [2.05, 4.69) is 24.5 Å². The zero-order chi connectivity index (χ0) is 23.4. The fourth-order valence-electron chi connectivity index (χ4n) is 3.88. The van der Waals surface area contributed by atoms with Crippen molar-refractivity contribution in [2.75, 3.05) is 18.5 Å². The number of benzene rings is 2. The number of nitrogens with one attached hydrogen (secondary N) is 2. The van der Waals surface area contributed by atoms with Crippen molar-refractivity contribution in [2.24, 2.45) is 5.92 Å². The number of nitrogens with zero attached hydrogens (tertiary/aromatic N) is 1. The van der Waals surface area contributed by atoms with E-state index < -0.39 is 35.4 Å². The van der Waals surface area contributed by atoms with E-state index >= 15 is 0 Å². The third-order valence-electron chi connectivity index (χ3n) is 5.94. The molecule has 1 saturated heterocycles. The smallest absolute Gasteiger partial charge is 0.246 e. The maximum Gasteiger partial charge on any atom is 0.246 e. The van der Waals surface area contributed by atoms with Gasteiger partial charge in [0.2, 0.25) is 17.7 Å². The number of anilines is 1. The third kappa shape index (κ3) is 4.79. The van der Waals surface area contributed by atoms with Crippen LogP contribution in [0.1, 0.15) is 49.8 Å². The molecular weight excluding hydrogens is 416 g/mol. The van der Waals surface area contributed by atoms with Crippen molar-refractivity contribution in [1.29, 1.82) is 0 Å². The first-order valence-electron chi connectivity index (χ1n) is 10.6. The van der Waals surface area contributed by atoms with Crippen molar-refractivity contribution in [2.45, 2.75) is 38.6 Å². The summed E-state index contributed by atoms with van der Waals surface area (Å²) in [6, 6.07) is 9.44. The number of likely N-dealkylation sites (N-methyl/N-ethyl adjacent to an activating group) is 1. The summed E-state index contributed by atoms with van der Waals surface area (Å²) < 4.78 is 27.0. The highest BCUT2D eigenvalue weighted by molar-refractivity contribution is 6.01. The molecule has 2 aromatic rings. The average Bonchev–Trinajstić information content (AvgIpc) is 3.19. The lowest BCUT2D eigenvalue weighted by Crippen LogP contribution is -2.42. The lowest BCUT2D eigenvalue weighted by molar-refractivity contribution is -0.131. The van der Waals surface area contributed by atoms with Crippen LogP contribution in [0.5, 0.6) is 0 Å². The Bertz CT molecular complexity index is 1030. The monoisotopic (exact) mass is 443 g/mol. The molecule has 0 radical (unpaired) electrons. The molecule has 3 unspecified atom stereocenters. The van der Waals surface area contributed by atoms with Gasteiger partial charge in [0.1, 0.15) is 6.04 Å². The van der Waals surface area contributed by atoms with Gasteiger partial charge in [-0.2, -0.15) is 0 Å². The second-order valence-electron chi connectivity index (χ2n) is 8.00. The number of para-hydroxylation sites is 1. The van der Waals surface area contributed by atoms with E-state index in [9.17, 15) is 23.2 Å². The predicted octanol–water partition coefficient (Wildman–Crippen LogP) is 3.43. The van der Waals surface area contributed by atoms with E-state index in [4.69, 9.17) is 0 Å². The topological polar surface area (TPSA) is 78.5 Å². The van der Waals surface area contributed by atoms with Crippen molar-refractivity contribution in [3.8, 4) is 0 Å². The van der Waals surface area contributed by atoms with Crippen molar-refractivity contribution >= 4 is 23.4 Å². The molecule has 170 valence electrons. The van der Waals surface area contributed by atoms with Gasteiger partial charge in [0.15, 0.2) is 11.6 Å². The minimum Gasteiger partial charge on any atom is -0.357 e. The molecule has 1 heterocycles. The van der Waals surface area contributed by atoms with Crippen LogP contribution in [0, 0.1) is 17.6 Å². The van der Waals surface area contributed by atoms with Crippen LogP contribution in [0.4, 0.5) is 14.5 Å². The third-order valence-corrected chi connectivity index (χ3v) is 5.94. The van der Waals surface area contributed by atoms with Gasteiger partial charge in [-0.15, -0.1) is 0 Å². The van der Waals surface area contributed by atoms with E-state index in [1.807, 2.05) is 24.3 Å². The van der Waals surface area contributed by atoms with Gasteiger partial charge in [-0.25, -0.2) is 8.78 Å². The number of carbonyl (C=O) groups excluding carboxylic acids is 3. The number of rotatable bonds is 7. The van der Waals surface area contributed by atoms with E-state index in [0.717, 1.165) is 29.8 Å². The van der Waals surface area contributed by atoms with Gasteiger partial charge in [0, 0.05) is 25.7 Å². The Labute approximate surface area is 186 Å². The average molecular weight is 443 g/mol. The maximum atomic E-state index is 13.7. The molecule has 0 aromatic heterocycles. The van der Waals surface area contributed by atoms with Crippen LogP contribution >= 0.6 is 0 Å². The second kappa shape index (κ2) is 9.89. The van der Waals surface area contributed by atoms with Crippen LogP contribution < -0.4 is 15.5 Å². The number of carbonyl (C=O) groups is 3. The van der Waals surface area contributed by atoms with Crippen LogP contribution in [-0.4, -0.2) is 31.3 Å². The highest BCUT2D eigenvalue weighted by atomic mass is 19.2. The molecule has 0 spiro atoms. The van der Waals surface area contributed by atoms with Crippen molar-refractivity contribution in [3.05, 3.63) is 65.2 Å². The lowest BCUT2D eigenvalue weighted by atomic mass is 9.96. The van der Waals surface area contributed by atoms with E-state index in [-0.39, 0.29) is 30.4 Å². The van der Waals surface area contributed by atoms with Gasteiger partial charge < -0.3 is 15.5 Å². The van der Waals surface area contributed by atoms with Gasteiger partial charge in [-0.1, -0.05) is 38.1 Å². The van der Waals surface area contributed by atoms with Gasteiger partial charge in [-0.05, 0) is 41.7 Å². The molecular formula is C24H27F2N3O3. The van der Waals surface area contributed by atoms with Gasteiger partial charge >= 0.3 is 0 Å². The predicted molar refractivity (Wildman–Crippen MR) is 117 cm³/mol. The highest BCUT2D eigenvalue weighted by Gasteiger charge is 2.37. The standard InChI is InChI=1S/C24H27F2N3O3/c1-4-14(2)17-7-5-6-8-20(17)29-13-16(12-21(29)30)23(31)28-22(24(32)27-3)15-9-10-18(25)19(26)11-15/h5-11,14,16,22H,4,12-13H2,1-3H3,(H,27,32)(H,28,31). The Morgan fingerprint density at radius 2 is 1.88 bits per heavy atom. The molecule has 8 heteroatoms. The Morgan fingerprint density at radius 1 is 1.16 bits per heavy atom. The van der Waals surface area contributed by atoms with Crippen LogP contribution in [0.3, 0.4) is 0 Å². The van der Waals surface area contributed by atoms with Crippen molar-refractivity contribution < 1.29 is 23.2 Å². The summed E-state index contributed by atoms with van der Waals surface area (Å²) in [6.07, 6.45) is 0.907. The number of hydrogen-bond donors (Lipinski definition) is 2. The Kier molecular flexibility index (Phi) is 7.22. The van der Waals surface area contributed by atoms with Crippen LogP contribution in [0.2, 0.25) is 0 Å². The summed E-state index contributed by atoms with van der Waals surface area (Å²) in [7, 11) is 1.38. The minimum absolute atomic E-state index is 0.00107. The number of hydrogen-bond acceptors (Lipinski definition) is 3. The molecule has 3 rings (SSSR count). The molecule has 0 bridgehead atoms. The molecule has 2 N–H and O–H groups in total.